The number of nitrogens with zero attached hydrogens (tertiary/aromatic N) is 2. The maximum absolute atomic E-state index is 12.3. The average Bonchev–Trinajstić information content (AvgIpc) is 2.30. The lowest BCUT2D eigenvalue weighted by Crippen LogP contribution is -2.47. The minimum Gasteiger partial charge on any atom is -0.398 e. The number of piperazine rings is 1. The van der Waals surface area contributed by atoms with Gasteiger partial charge in [0.2, 0.25) is 10.0 Å². The van der Waals surface area contributed by atoms with Gasteiger partial charge in [-0.2, -0.15) is 4.31 Å². The van der Waals surface area contributed by atoms with Gasteiger partial charge in [0.1, 0.15) is 4.90 Å². The lowest BCUT2D eigenvalue weighted by Gasteiger charge is -2.31. The second-order valence-corrected chi connectivity index (χ2v) is 6.15. The molecule has 0 spiro atoms. The zero-order chi connectivity index (χ0) is 12.5. The smallest absolute Gasteiger partial charge is 0.245 e. The van der Waals surface area contributed by atoms with Gasteiger partial charge < -0.3 is 10.6 Å². The molecular weight excluding hydrogens is 238 g/mol. The van der Waals surface area contributed by atoms with Crippen molar-refractivity contribution in [1.82, 2.24) is 9.21 Å². The second-order valence-electron chi connectivity index (χ2n) is 4.25. The van der Waals surface area contributed by atoms with Crippen LogP contribution < -0.4 is 5.73 Å². The SMILES string of the molecule is CN1CCN(S(=O)(=O)c2ccccc2N)CC1. The molecule has 6 heteroatoms. The maximum atomic E-state index is 12.3. The number of rotatable bonds is 2. The van der Waals surface area contributed by atoms with Gasteiger partial charge in [0.15, 0.2) is 0 Å². The Morgan fingerprint density at radius 1 is 1.12 bits per heavy atom. The van der Waals surface area contributed by atoms with Gasteiger partial charge in [-0.05, 0) is 19.2 Å². The van der Waals surface area contributed by atoms with E-state index in [0.717, 1.165) is 13.1 Å². The van der Waals surface area contributed by atoms with Gasteiger partial charge in [-0.1, -0.05) is 12.1 Å². The summed E-state index contributed by atoms with van der Waals surface area (Å²) in [5.74, 6) is 0. The second kappa shape index (κ2) is 4.64. The Balaban J connectivity index is 2.28. The molecule has 0 saturated carbocycles. The van der Waals surface area contributed by atoms with Gasteiger partial charge in [-0.15, -0.1) is 0 Å². The molecule has 1 aliphatic heterocycles. The van der Waals surface area contributed by atoms with E-state index in [9.17, 15) is 8.42 Å². The van der Waals surface area contributed by atoms with Crippen molar-refractivity contribution in [2.75, 3.05) is 39.0 Å². The zero-order valence-electron chi connectivity index (χ0n) is 9.83. The molecule has 0 aliphatic carbocycles. The van der Waals surface area contributed by atoms with Gasteiger partial charge in [-0.3, -0.25) is 0 Å². The van der Waals surface area contributed by atoms with Crippen LogP contribution in [0.25, 0.3) is 0 Å². The van der Waals surface area contributed by atoms with Gasteiger partial charge in [0.05, 0.1) is 5.69 Å². The number of sulfonamides is 1. The van der Waals surface area contributed by atoms with Crippen molar-refractivity contribution in [1.29, 1.82) is 0 Å². The standard InChI is InChI=1S/C11H17N3O2S/c1-13-6-8-14(9-7-13)17(15,16)11-5-3-2-4-10(11)12/h2-5H,6-9,12H2,1H3. The largest absolute Gasteiger partial charge is 0.398 e. The number of anilines is 1. The van der Waals surface area contributed by atoms with Crippen molar-refractivity contribution < 1.29 is 8.42 Å². The van der Waals surface area contributed by atoms with Crippen LogP contribution in [0.2, 0.25) is 0 Å². The summed E-state index contributed by atoms with van der Waals surface area (Å²) in [6.45, 7) is 2.55. The number of nitrogens with two attached hydrogens (primary N) is 1. The molecule has 1 aromatic carbocycles. The predicted molar refractivity (Wildman–Crippen MR) is 67.1 cm³/mol. The Kier molecular flexibility index (Phi) is 3.37. The van der Waals surface area contributed by atoms with Crippen molar-refractivity contribution in [2.45, 2.75) is 4.90 Å². The van der Waals surface area contributed by atoms with Crippen LogP contribution in [0.1, 0.15) is 0 Å². The molecule has 1 aliphatic rings. The molecular formula is C11H17N3O2S. The van der Waals surface area contributed by atoms with Gasteiger partial charge in [0, 0.05) is 26.2 Å². The Labute approximate surface area is 102 Å². The van der Waals surface area contributed by atoms with E-state index in [0.29, 0.717) is 18.8 Å². The van der Waals surface area contributed by atoms with Gasteiger partial charge in [-0.25, -0.2) is 8.42 Å². The van der Waals surface area contributed by atoms with Crippen molar-refractivity contribution >= 4 is 15.7 Å². The summed E-state index contributed by atoms with van der Waals surface area (Å²) in [7, 11) is -1.45. The van der Waals surface area contributed by atoms with E-state index in [-0.39, 0.29) is 4.90 Å². The molecule has 0 bridgehead atoms. The lowest BCUT2D eigenvalue weighted by molar-refractivity contribution is 0.222. The highest BCUT2D eigenvalue weighted by atomic mass is 32.2. The normalized spacial score (nSPS) is 19.4. The topological polar surface area (TPSA) is 66.6 Å². The van der Waals surface area contributed by atoms with Crippen LogP contribution in [0.4, 0.5) is 5.69 Å². The molecule has 1 aromatic rings. The van der Waals surface area contributed by atoms with Crippen molar-refractivity contribution in [3.63, 3.8) is 0 Å². The minimum atomic E-state index is -3.43. The fourth-order valence-corrected chi connectivity index (χ4v) is 3.42. The minimum absolute atomic E-state index is 0.213. The summed E-state index contributed by atoms with van der Waals surface area (Å²) in [6, 6.07) is 6.60. The molecule has 0 aromatic heterocycles. The van der Waals surface area contributed by atoms with Crippen LogP contribution in [-0.2, 0) is 10.0 Å². The third-order valence-electron chi connectivity index (χ3n) is 3.00. The van der Waals surface area contributed by atoms with Gasteiger partial charge >= 0.3 is 0 Å². The summed E-state index contributed by atoms with van der Waals surface area (Å²) in [5.41, 5.74) is 6.04. The molecule has 17 heavy (non-hydrogen) atoms. The Hall–Kier alpha value is -1.11. The molecule has 2 N–H and O–H groups in total. The number of benzene rings is 1. The molecule has 0 radical (unpaired) electrons. The third kappa shape index (κ3) is 2.43. The first-order chi connectivity index (χ1) is 8.01. The van der Waals surface area contributed by atoms with E-state index >= 15 is 0 Å². The molecule has 5 nitrogen and oxygen atoms in total. The fourth-order valence-electron chi connectivity index (χ4n) is 1.88. The molecule has 0 amide bonds. The molecule has 94 valence electrons. The third-order valence-corrected chi connectivity index (χ3v) is 4.97. The van der Waals surface area contributed by atoms with Crippen LogP contribution in [0.3, 0.4) is 0 Å². The fraction of sp³-hybridized carbons (Fsp3) is 0.455. The van der Waals surface area contributed by atoms with E-state index in [1.165, 1.54) is 4.31 Å². The Morgan fingerprint density at radius 2 is 1.71 bits per heavy atom. The number of likely N-dealkylation sites (N-methyl/N-ethyl adjacent to an activating group) is 1. The first kappa shape index (κ1) is 12.3. The van der Waals surface area contributed by atoms with Crippen molar-refractivity contribution in [3.8, 4) is 0 Å². The maximum Gasteiger partial charge on any atom is 0.245 e. The molecule has 1 heterocycles. The highest BCUT2D eigenvalue weighted by molar-refractivity contribution is 7.89. The van der Waals surface area contributed by atoms with E-state index in [1.54, 1.807) is 24.3 Å². The predicted octanol–water partition coefficient (Wildman–Crippen LogP) is 0.205. The van der Waals surface area contributed by atoms with Crippen molar-refractivity contribution in [3.05, 3.63) is 24.3 Å². The van der Waals surface area contributed by atoms with Crippen LogP contribution in [0, 0.1) is 0 Å². The van der Waals surface area contributed by atoms with E-state index in [4.69, 9.17) is 5.73 Å². The molecule has 0 unspecified atom stereocenters. The number of hydrogen-bond acceptors (Lipinski definition) is 4. The Bertz CT molecular complexity index is 493. The summed E-state index contributed by atoms with van der Waals surface area (Å²) < 4.78 is 26.2. The summed E-state index contributed by atoms with van der Waals surface area (Å²) >= 11 is 0. The lowest BCUT2D eigenvalue weighted by atomic mass is 10.3. The zero-order valence-corrected chi connectivity index (χ0v) is 10.7. The summed E-state index contributed by atoms with van der Waals surface area (Å²) in [4.78, 5) is 2.32. The number of nitrogen functional groups attached to an aromatic ring is 1. The van der Waals surface area contributed by atoms with Crippen LogP contribution in [0.15, 0.2) is 29.2 Å². The molecule has 1 fully saturated rings. The van der Waals surface area contributed by atoms with Gasteiger partial charge in [0.25, 0.3) is 0 Å². The first-order valence-electron chi connectivity index (χ1n) is 5.55. The quantitative estimate of drug-likeness (QED) is 0.767. The van der Waals surface area contributed by atoms with Crippen molar-refractivity contribution in [2.24, 2.45) is 0 Å². The van der Waals surface area contributed by atoms with Crippen LogP contribution in [-0.4, -0.2) is 50.8 Å². The molecule has 0 atom stereocenters. The summed E-state index contributed by atoms with van der Waals surface area (Å²) in [6.07, 6.45) is 0. The highest BCUT2D eigenvalue weighted by Gasteiger charge is 2.28. The molecule has 1 saturated heterocycles. The van der Waals surface area contributed by atoms with Crippen LogP contribution >= 0.6 is 0 Å². The number of para-hydroxylation sites is 1. The highest BCUT2D eigenvalue weighted by Crippen LogP contribution is 2.22. The first-order valence-corrected chi connectivity index (χ1v) is 6.99. The summed E-state index contributed by atoms with van der Waals surface area (Å²) in [5, 5.41) is 0. The van der Waals surface area contributed by atoms with Crippen LogP contribution in [0.5, 0.6) is 0 Å². The molecule has 2 rings (SSSR count). The Morgan fingerprint density at radius 3 is 2.29 bits per heavy atom. The van der Waals surface area contributed by atoms with E-state index in [1.807, 2.05) is 7.05 Å². The average molecular weight is 255 g/mol. The van der Waals surface area contributed by atoms with E-state index in [2.05, 4.69) is 4.90 Å². The number of hydrogen-bond donors (Lipinski definition) is 1. The van der Waals surface area contributed by atoms with E-state index < -0.39 is 10.0 Å². The monoisotopic (exact) mass is 255 g/mol.